The van der Waals surface area contributed by atoms with E-state index in [0.29, 0.717) is 13.2 Å². The highest BCUT2D eigenvalue weighted by Gasteiger charge is 2.22. The largest absolute Gasteiger partial charge is 0.494 e. The summed E-state index contributed by atoms with van der Waals surface area (Å²) in [6.07, 6.45) is 0. The van der Waals surface area contributed by atoms with Gasteiger partial charge in [0.25, 0.3) is 0 Å². The minimum Gasteiger partial charge on any atom is -0.494 e. The third kappa shape index (κ3) is 4.60. The van der Waals surface area contributed by atoms with Crippen LogP contribution in [0.15, 0.2) is 24.3 Å². The maximum atomic E-state index is 11.9. The highest BCUT2D eigenvalue weighted by molar-refractivity contribution is 7.99. The molecule has 0 saturated carbocycles. The molecule has 1 heterocycles. The van der Waals surface area contributed by atoms with Crippen molar-refractivity contribution in [3.8, 4) is 5.75 Å². The van der Waals surface area contributed by atoms with Gasteiger partial charge >= 0.3 is 0 Å². The van der Waals surface area contributed by atoms with E-state index in [-0.39, 0.29) is 24.4 Å². The quantitative estimate of drug-likeness (QED) is 0.871. The molecule has 1 aliphatic heterocycles. The molecule has 1 fully saturated rings. The van der Waals surface area contributed by atoms with Crippen molar-refractivity contribution in [1.82, 2.24) is 10.6 Å². The van der Waals surface area contributed by atoms with E-state index < -0.39 is 0 Å². The van der Waals surface area contributed by atoms with E-state index in [1.807, 2.05) is 31.2 Å². The molecule has 6 heteroatoms. The first-order valence-corrected chi connectivity index (χ1v) is 7.26. The Labute approximate surface area is 124 Å². The summed E-state index contributed by atoms with van der Waals surface area (Å²) in [5.74, 6) is 2.60. The molecule has 1 aromatic rings. The van der Waals surface area contributed by atoms with Gasteiger partial charge < -0.3 is 10.1 Å². The molecule has 1 atom stereocenters. The normalized spacial score (nSPS) is 17.6. The van der Waals surface area contributed by atoms with Crippen LogP contribution in [0.2, 0.25) is 0 Å². The molecule has 4 nitrogen and oxygen atoms in total. The van der Waals surface area contributed by atoms with Gasteiger partial charge in [-0.25, -0.2) is 0 Å². The van der Waals surface area contributed by atoms with Crippen LogP contribution < -0.4 is 15.4 Å². The highest BCUT2D eigenvalue weighted by Crippen LogP contribution is 2.17. The van der Waals surface area contributed by atoms with Crippen molar-refractivity contribution >= 4 is 30.1 Å². The Morgan fingerprint density at radius 2 is 2.32 bits per heavy atom. The van der Waals surface area contributed by atoms with E-state index in [1.165, 1.54) is 0 Å². The molecule has 0 radical (unpaired) electrons. The number of carbonyl (C=O) groups excluding carboxylic acids is 1. The van der Waals surface area contributed by atoms with Gasteiger partial charge in [-0.15, -0.1) is 24.2 Å². The molecule has 0 aliphatic carbocycles. The van der Waals surface area contributed by atoms with Crippen LogP contribution >= 0.6 is 24.2 Å². The zero-order valence-electron chi connectivity index (χ0n) is 10.8. The average molecular weight is 303 g/mol. The van der Waals surface area contributed by atoms with Crippen LogP contribution in [0.25, 0.3) is 0 Å². The van der Waals surface area contributed by atoms with Crippen molar-refractivity contribution in [2.24, 2.45) is 0 Å². The lowest BCUT2D eigenvalue weighted by Gasteiger charge is -2.13. The fourth-order valence-corrected chi connectivity index (χ4v) is 2.76. The van der Waals surface area contributed by atoms with Crippen LogP contribution in [0.1, 0.15) is 12.5 Å². The minimum absolute atomic E-state index is 0. The third-order valence-electron chi connectivity index (χ3n) is 2.76. The van der Waals surface area contributed by atoms with Gasteiger partial charge in [0.2, 0.25) is 5.91 Å². The summed E-state index contributed by atoms with van der Waals surface area (Å²) in [6, 6.07) is 7.73. The molecule has 1 saturated heterocycles. The van der Waals surface area contributed by atoms with Crippen LogP contribution in [0, 0.1) is 0 Å². The second-order valence-electron chi connectivity index (χ2n) is 4.03. The summed E-state index contributed by atoms with van der Waals surface area (Å²) in [7, 11) is 0. The van der Waals surface area contributed by atoms with Crippen LogP contribution in [0.3, 0.4) is 0 Å². The van der Waals surface area contributed by atoms with Crippen molar-refractivity contribution in [2.75, 3.05) is 18.2 Å². The number of halogens is 1. The number of thioether (sulfide) groups is 1. The van der Waals surface area contributed by atoms with Crippen LogP contribution in [0.4, 0.5) is 0 Å². The maximum Gasteiger partial charge on any atom is 0.238 e. The van der Waals surface area contributed by atoms with Gasteiger partial charge in [-0.2, -0.15) is 0 Å². The Morgan fingerprint density at radius 1 is 1.53 bits per heavy atom. The summed E-state index contributed by atoms with van der Waals surface area (Å²) < 4.78 is 5.52. The Morgan fingerprint density at radius 3 is 3.00 bits per heavy atom. The molecular formula is C13H19ClN2O2S. The van der Waals surface area contributed by atoms with E-state index in [2.05, 4.69) is 10.6 Å². The topological polar surface area (TPSA) is 50.4 Å². The Bertz CT molecular complexity index is 411. The molecule has 106 valence electrons. The van der Waals surface area contributed by atoms with E-state index in [4.69, 9.17) is 4.74 Å². The molecular weight excluding hydrogens is 284 g/mol. The number of rotatable bonds is 5. The smallest absolute Gasteiger partial charge is 0.238 e. The lowest BCUT2D eigenvalue weighted by atomic mass is 10.2. The number of hydrogen-bond donors (Lipinski definition) is 2. The van der Waals surface area contributed by atoms with E-state index in [1.54, 1.807) is 11.8 Å². The molecule has 1 aromatic carbocycles. The lowest BCUT2D eigenvalue weighted by molar-refractivity contribution is -0.122. The molecule has 2 N–H and O–H groups in total. The summed E-state index contributed by atoms with van der Waals surface area (Å²) in [5, 5.41) is 6.10. The fourth-order valence-electron chi connectivity index (χ4n) is 1.82. The molecule has 2 rings (SSSR count). The van der Waals surface area contributed by atoms with Gasteiger partial charge in [0.15, 0.2) is 0 Å². The van der Waals surface area contributed by atoms with Gasteiger partial charge in [-0.05, 0) is 13.0 Å². The van der Waals surface area contributed by atoms with Crippen molar-refractivity contribution < 1.29 is 9.53 Å². The molecule has 1 aliphatic rings. The first-order valence-electron chi connectivity index (χ1n) is 6.10. The zero-order valence-corrected chi connectivity index (χ0v) is 12.5. The summed E-state index contributed by atoms with van der Waals surface area (Å²) in [6.45, 7) is 3.10. The predicted octanol–water partition coefficient (Wildman–Crippen LogP) is 1.79. The van der Waals surface area contributed by atoms with Gasteiger partial charge in [0.1, 0.15) is 5.75 Å². The molecule has 1 amide bonds. The molecule has 19 heavy (non-hydrogen) atoms. The number of carbonyl (C=O) groups is 1. The van der Waals surface area contributed by atoms with E-state index in [0.717, 1.165) is 22.9 Å². The summed E-state index contributed by atoms with van der Waals surface area (Å²) in [4.78, 5) is 11.9. The number of amides is 1. The molecule has 0 bridgehead atoms. The highest BCUT2D eigenvalue weighted by atomic mass is 35.5. The third-order valence-corrected chi connectivity index (χ3v) is 3.70. The van der Waals surface area contributed by atoms with Crippen molar-refractivity contribution in [2.45, 2.75) is 19.5 Å². The molecule has 0 spiro atoms. The second-order valence-corrected chi connectivity index (χ2v) is 5.06. The standard InChI is InChI=1S/C13H18N2O2S.ClH/c1-2-17-12-6-4-3-5-10(12)7-14-13(16)11-8-18-9-15-11;/h3-6,11,15H,2,7-9H2,1H3,(H,14,16);1H. The Balaban J connectivity index is 0.00000180. The average Bonchev–Trinajstić information content (AvgIpc) is 2.92. The Hall–Kier alpha value is -0.910. The predicted molar refractivity (Wildman–Crippen MR) is 81.0 cm³/mol. The van der Waals surface area contributed by atoms with E-state index in [9.17, 15) is 4.79 Å². The SMILES string of the molecule is CCOc1ccccc1CNC(=O)C1CSCN1.Cl. The lowest BCUT2D eigenvalue weighted by Crippen LogP contribution is -2.41. The van der Waals surface area contributed by atoms with Crippen LogP contribution in [-0.4, -0.2) is 30.2 Å². The summed E-state index contributed by atoms with van der Waals surface area (Å²) >= 11 is 1.75. The first-order chi connectivity index (χ1) is 8.81. The number of ether oxygens (including phenoxy) is 1. The van der Waals surface area contributed by atoms with Crippen molar-refractivity contribution in [1.29, 1.82) is 0 Å². The van der Waals surface area contributed by atoms with Crippen LogP contribution in [0.5, 0.6) is 5.75 Å². The fraction of sp³-hybridized carbons (Fsp3) is 0.462. The molecule has 0 aromatic heterocycles. The van der Waals surface area contributed by atoms with Gasteiger partial charge in [0, 0.05) is 23.7 Å². The zero-order chi connectivity index (χ0) is 12.8. The van der Waals surface area contributed by atoms with Gasteiger partial charge in [-0.3, -0.25) is 10.1 Å². The number of para-hydroxylation sites is 1. The first kappa shape index (κ1) is 16.1. The number of nitrogens with one attached hydrogen (secondary N) is 2. The second kappa shape index (κ2) is 8.30. The van der Waals surface area contributed by atoms with Crippen molar-refractivity contribution in [3.05, 3.63) is 29.8 Å². The molecule has 1 unspecified atom stereocenters. The Kier molecular flexibility index (Phi) is 7.05. The maximum absolute atomic E-state index is 11.9. The van der Waals surface area contributed by atoms with Gasteiger partial charge in [-0.1, -0.05) is 18.2 Å². The summed E-state index contributed by atoms with van der Waals surface area (Å²) in [5.41, 5.74) is 1.01. The van der Waals surface area contributed by atoms with Crippen LogP contribution in [-0.2, 0) is 11.3 Å². The number of hydrogen-bond acceptors (Lipinski definition) is 4. The van der Waals surface area contributed by atoms with E-state index >= 15 is 0 Å². The van der Waals surface area contributed by atoms with Crippen molar-refractivity contribution in [3.63, 3.8) is 0 Å². The minimum atomic E-state index is -0.0609. The monoisotopic (exact) mass is 302 g/mol. The van der Waals surface area contributed by atoms with Gasteiger partial charge in [0.05, 0.1) is 12.6 Å². The number of benzene rings is 1.